The van der Waals surface area contributed by atoms with E-state index >= 15 is 0 Å². The van der Waals surface area contributed by atoms with Crippen molar-refractivity contribution in [3.05, 3.63) is 11.6 Å². The van der Waals surface area contributed by atoms with Crippen molar-refractivity contribution in [2.75, 3.05) is 31.1 Å². The smallest absolute Gasteiger partial charge is 0.185 e. The molecular weight excluding hydrogens is 234 g/mol. The summed E-state index contributed by atoms with van der Waals surface area (Å²) in [7, 11) is 0. The molecule has 5 heteroatoms. The lowest BCUT2D eigenvalue weighted by atomic mass is 10.1. The lowest BCUT2D eigenvalue weighted by Crippen LogP contribution is -2.52. The standard InChI is InChI=1S/C12H19N3OS/c16-11-3-1-2-10(11)14-5-7-15(8-6-14)12-13-4-9-17-12/h4,9-11,16H,1-3,5-8H2/t10-,11-/m1/s1. The van der Waals surface area contributed by atoms with Gasteiger partial charge in [0.1, 0.15) is 0 Å². The number of aliphatic hydroxyl groups excluding tert-OH is 1. The maximum Gasteiger partial charge on any atom is 0.185 e. The Bertz CT molecular complexity index is 349. The molecule has 2 heterocycles. The number of nitrogens with zero attached hydrogens (tertiary/aromatic N) is 3. The van der Waals surface area contributed by atoms with Crippen LogP contribution in [0.25, 0.3) is 0 Å². The average molecular weight is 253 g/mol. The molecule has 0 bridgehead atoms. The van der Waals surface area contributed by atoms with Crippen molar-refractivity contribution in [3.63, 3.8) is 0 Å². The summed E-state index contributed by atoms with van der Waals surface area (Å²) in [6, 6.07) is 0.411. The Hall–Kier alpha value is -0.650. The predicted molar refractivity (Wildman–Crippen MR) is 69.5 cm³/mol. The van der Waals surface area contributed by atoms with Gasteiger partial charge in [-0.15, -0.1) is 11.3 Å². The third-order valence-electron chi connectivity index (χ3n) is 3.92. The Morgan fingerprint density at radius 1 is 1.24 bits per heavy atom. The summed E-state index contributed by atoms with van der Waals surface area (Å²) in [6.45, 7) is 4.19. The summed E-state index contributed by atoms with van der Waals surface area (Å²) in [5, 5.41) is 13.1. The number of piperazine rings is 1. The molecule has 0 unspecified atom stereocenters. The Kier molecular flexibility index (Phi) is 3.31. The van der Waals surface area contributed by atoms with Gasteiger partial charge in [-0.05, 0) is 19.3 Å². The van der Waals surface area contributed by atoms with E-state index in [9.17, 15) is 5.11 Å². The third kappa shape index (κ3) is 2.32. The van der Waals surface area contributed by atoms with Crippen LogP contribution in [0.5, 0.6) is 0 Å². The van der Waals surface area contributed by atoms with E-state index in [4.69, 9.17) is 0 Å². The largest absolute Gasteiger partial charge is 0.391 e. The van der Waals surface area contributed by atoms with Crippen LogP contribution < -0.4 is 4.90 Å². The first-order valence-electron chi connectivity index (χ1n) is 6.41. The van der Waals surface area contributed by atoms with Gasteiger partial charge in [0.15, 0.2) is 5.13 Å². The van der Waals surface area contributed by atoms with Gasteiger partial charge in [-0.2, -0.15) is 0 Å². The number of anilines is 1. The Morgan fingerprint density at radius 3 is 2.65 bits per heavy atom. The maximum absolute atomic E-state index is 9.93. The maximum atomic E-state index is 9.93. The van der Waals surface area contributed by atoms with E-state index in [1.807, 2.05) is 11.6 Å². The molecule has 0 radical (unpaired) electrons. The highest BCUT2D eigenvalue weighted by Gasteiger charge is 2.32. The molecule has 1 aliphatic carbocycles. The van der Waals surface area contributed by atoms with E-state index in [1.165, 1.54) is 12.8 Å². The molecule has 4 nitrogen and oxygen atoms in total. The van der Waals surface area contributed by atoms with E-state index in [2.05, 4.69) is 14.8 Å². The fourth-order valence-electron chi connectivity index (χ4n) is 2.96. The molecule has 1 N–H and O–H groups in total. The third-order valence-corrected chi connectivity index (χ3v) is 4.75. The van der Waals surface area contributed by atoms with Gasteiger partial charge in [0.2, 0.25) is 0 Å². The normalized spacial score (nSPS) is 31.0. The molecule has 0 amide bonds. The zero-order valence-corrected chi connectivity index (χ0v) is 10.8. The van der Waals surface area contributed by atoms with E-state index in [1.54, 1.807) is 11.3 Å². The summed E-state index contributed by atoms with van der Waals surface area (Å²) in [6.07, 6.45) is 5.10. The van der Waals surface area contributed by atoms with Crippen molar-refractivity contribution in [2.24, 2.45) is 0 Å². The van der Waals surface area contributed by atoms with Gasteiger partial charge in [0, 0.05) is 43.8 Å². The van der Waals surface area contributed by atoms with Gasteiger partial charge in [-0.25, -0.2) is 4.98 Å². The van der Waals surface area contributed by atoms with E-state index < -0.39 is 0 Å². The van der Waals surface area contributed by atoms with Crippen molar-refractivity contribution >= 4 is 16.5 Å². The molecule has 0 spiro atoms. The van der Waals surface area contributed by atoms with Crippen LogP contribution in [-0.4, -0.2) is 53.3 Å². The molecule has 94 valence electrons. The second kappa shape index (κ2) is 4.92. The average Bonchev–Trinajstić information content (AvgIpc) is 3.00. The van der Waals surface area contributed by atoms with Crippen LogP contribution in [0.15, 0.2) is 11.6 Å². The fourth-order valence-corrected chi connectivity index (χ4v) is 3.66. The molecule has 2 atom stereocenters. The van der Waals surface area contributed by atoms with Crippen molar-refractivity contribution in [3.8, 4) is 0 Å². The van der Waals surface area contributed by atoms with Crippen molar-refractivity contribution < 1.29 is 5.11 Å². The minimum absolute atomic E-state index is 0.0959. The molecule has 2 fully saturated rings. The fraction of sp³-hybridized carbons (Fsp3) is 0.750. The second-order valence-electron chi connectivity index (χ2n) is 4.90. The SMILES string of the molecule is O[C@@H]1CCC[C@H]1N1CCN(c2nccs2)CC1. The summed E-state index contributed by atoms with van der Waals surface area (Å²) in [4.78, 5) is 9.16. The van der Waals surface area contributed by atoms with Crippen LogP contribution in [-0.2, 0) is 0 Å². The van der Waals surface area contributed by atoms with Crippen LogP contribution in [0.4, 0.5) is 5.13 Å². The van der Waals surface area contributed by atoms with Crippen molar-refractivity contribution in [1.82, 2.24) is 9.88 Å². The number of rotatable bonds is 2. The van der Waals surface area contributed by atoms with Crippen LogP contribution >= 0.6 is 11.3 Å². The zero-order valence-electron chi connectivity index (χ0n) is 9.96. The zero-order chi connectivity index (χ0) is 11.7. The highest BCUT2D eigenvalue weighted by atomic mass is 32.1. The highest BCUT2D eigenvalue weighted by Crippen LogP contribution is 2.26. The molecule has 17 heavy (non-hydrogen) atoms. The highest BCUT2D eigenvalue weighted by molar-refractivity contribution is 7.13. The number of aromatic nitrogens is 1. The van der Waals surface area contributed by atoms with Gasteiger partial charge in [0.05, 0.1) is 6.10 Å². The first-order chi connectivity index (χ1) is 8.34. The number of aliphatic hydroxyl groups is 1. The topological polar surface area (TPSA) is 39.6 Å². The summed E-state index contributed by atoms with van der Waals surface area (Å²) >= 11 is 1.71. The van der Waals surface area contributed by atoms with Crippen LogP contribution in [0.1, 0.15) is 19.3 Å². The van der Waals surface area contributed by atoms with E-state index in [0.29, 0.717) is 6.04 Å². The van der Waals surface area contributed by atoms with Crippen molar-refractivity contribution in [2.45, 2.75) is 31.4 Å². The van der Waals surface area contributed by atoms with E-state index in [-0.39, 0.29) is 6.10 Å². The first-order valence-corrected chi connectivity index (χ1v) is 7.29. The summed E-state index contributed by atoms with van der Waals surface area (Å²) in [5.41, 5.74) is 0. The number of hydrogen-bond acceptors (Lipinski definition) is 5. The second-order valence-corrected chi connectivity index (χ2v) is 5.78. The summed E-state index contributed by atoms with van der Waals surface area (Å²) < 4.78 is 0. The lowest BCUT2D eigenvalue weighted by Gasteiger charge is -2.39. The molecule has 0 aromatic carbocycles. The number of thiazole rings is 1. The van der Waals surface area contributed by atoms with Crippen LogP contribution in [0.2, 0.25) is 0 Å². The lowest BCUT2D eigenvalue weighted by molar-refractivity contribution is 0.0671. The van der Waals surface area contributed by atoms with Gasteiger partial charge in [-0.3, -0.25) is 4.90 Å². The van der Waals surface area contributed by atoms with Crippen LogP contribution in [0, 0.1) is 0 Å². The minimum atomic E-state index is -0.0959. The summed E-state index contributed by atoms with van der Waals surface area (Å²) in [5.74, 6) is 0. The molecule has 1 aromatic rings. The molecule has 3 rings (SSSR count). The Balaban J connectivity index is 1.57. The monoisotopic (exact) mass is 253 g/mol. The number of hydrogen-bond donors (Lipinski definition) is 1. The van der Waals surface area contributed by atoms with Gasteiger partial charge in [-0.1, -0.05) is 0 Å². The molecule has 1 aromatic heterocycles. The van der Waals surface area contributed by atoms with Crippen LogP contribution in [0.3, 0.4) is 0 Å². The van der Waals surface area contributed by atoms with Crippen molar-refractivity contribution in [1.29, 1.82) is 0 Å². The quantitative estimate of drug-likeness (QED) is 0.859. The van der Waals surface area contributed by atoms with Gasteiger partial charge >= 0.3 is 0 Å². The predicted octanol–water partition coefficient (Wildman–Crippen LogP) is 1.18. The Morgan fingerprint density at radius 2 is 2.06 bits per heavy atom. The molecule has 1 saturated heterocycles. The molecule has 1 saturated carbocycles. The molecule has 1 aliphatic heterocycles. The van der Waals surface area contributed by atoms with E-state index in [0.717, 1.165) is 37.7 Å². The van der Waals surface area contributed by atoms with Gasteiger partial charge < -0.3 is 10.0 Å². The molecular formula is C12H19N3OS. The first kappa shape index (κ1) is 11.4. The Labute approximate surface area is 106 Å². The minimum Gasteiger partial charge on any atom is -0.391 e. The molecule has 2 aliphatic rings. The van der Waals surface area contributed by atoms with Gasteiger partial charge in [0.25, 0.3) is 0 Å².